The van der Waals surface area contributed by atoms with E-state index >= 15 is 0 Å². The zero-order chi connectivity index (χ0) is 56.4. The Labute approximate surface area is 444 Å². The molecule has 0 spiro atoms. The standard InChI is InChI=1S/C19H19N5O16S5.C13H13N3O2S.C10H16N2/c1-21-23-18-14(45(33,34)35)7-9-6-12(41-39-37-26)17(19(25)15(9)16(18)20)24-22-11-3-2-10(8-13(11)44(30,31)32)43(28,29)5-4-36-42-40-38-27;1-10-2-8-13(9-3-10)19(17,18)16-12-6-4-11(15-14)5-7-12;1-3-12(4-2)10-7-5-6-9(11)8-10/h2-3,6-8,25-27H,4-5,20H2,1H3,(H,30,31,32)(H,33,34,35);2-9,14,16H,1H3;5-8H,3-4,11H2,1-2H3. The van der Waals surface area contributed by atoms with Crippen LogP contribution in [0.3, 0.4) is 0 Å². The van der Waals surface area contributed by atoms with E-state index < -0.39 is 95.6 Å². The first kappa shape index (κ1) is 62.1. The molecule has 76 heavy (non-hydrogen) atoms. The molecule has 6 aromatic rings. The Morgan fingerprint density at radius 1 is 0.737 bits per heavy atom. The number of benzene rings is 6. The molecular formula is C42H48N10O18S6. The number of phenols is 1. The van der Waals surface area contributed by atoms with Gasteiger partial charge in [-0.3, -0.25) is 18.0 Å². The number of phenolic OH excluding ortho intramolecular Hbond substituents is 1. The molecule has 34 heteroatoms. The Kier molecular flexibility index (Phi) is 22.9. The fourth-order valence-electron chi connectivity index (χ4n) is 6.38. The number of nitrogens with two attached hydrogens (primary N) is 2. The monoisotopic (exact) mass is 1170 g/mol. The SMILES string of the molecule is CCN(CC)c1cccc(N)c1.CN=Nc1c(S(=O)(=O)O)cc2cc(SOOO)c(N=Nc3ccc(S(=O)(=O)CCOSOOO)cc3S(=O)(=O)O)c(O)c2c1N.Cc1ccc(S(=O)(=O)Nc2ccc(N=N)cc2)cc1. The molecule has 0 heterocycles. The zero-order valence-corrected chi connectivity index (χ0v) is 44.9. The first-order chi connectivity index (χ1) is 35.8. The lowest BCUT2D eigenvalue weighted by atomic mass is 10.1. The summed E-state index contributed by atoms with van der Waals surface area (Å²) in [5, 5.41) is 51.9. The Morgan fingerprint density at radius 3 is 1.93 bits per heavy atom. The lowest BCUT2D eigenvalue weighted by Crippen LogP contribution is -2.21. The average Bonchev–Trinajstić information content (AvgIpc) is 3.36. The second-order valence-electron chi connectivity index (χ2n) is 14.8. The highest BCUT2D eigenvalue weighted by Crippen LogP contribution is 2.49. The predicted octanol–water partition coefficient (Wildman–Crippen LogP) is 9.53. The highest BCUT2D eigenvalue weighted by atomic mass is 32.2. The van der Waals surface area contributed by atoms with Gasteiger partial charge in [-0.1, -0.05) is 33.8 Å². The van der Waals surface area contributed by atoms with Gasteiger partial charge >= 0.3 is 0 Å². The van der Waals surface area contributed by atoms with Crippen LogP contribution in [0.4, 0.5) is 45.5 Å². The number of sulfonamides is 1. The van der Waals surface area contributed by atoms with Crippen molar-refractivity contribution in [3.8, 4) is 5.75 Å². The van der Waals surface area contributed by atoms with Gasteiger partial charge in [0.1, 0.15) is 26.9 Å². The molecule has 0 saturated heterocycles. The summed E-state index contributed by atoms with van der Waals surface area (Å²) in [7, 11) is -16.7. The van der Waals surface area contributed by atoms with Crippen molar-refractivity contribution in [2.75, 3.05) is 53.6 Å². The van der Waals surface area contributed by atoms with Gasteiger partial charge in [0, 0.05) is 37.2 Å². The minimum atomic E-state index is -5.15. The third kappa shape index (κ3) is 17.3. The van der Waals surface area contributed by atoms with E-state index in [4.69, 9.17) is 27.5 Å². The second kappa shape index (κ2) is 28.1. The molecule has 28 nitrogen and oxygen atoms in total. The largest absolute Gasteiger partial charge is 0.505 e. The van der Waals surface area contributed by atoms with Crippen molar-refractivity contribution < 1.29 is 81.3 Å². The molecular weight excluding hydrogens is 1120 g/mol. The normalized spacial score (nSPS) is 12.0. The number of nitrogens with zero attached hydrogens (tertiary/aromatic N) is 6. The number of sulfone groups is 1. The molecule has 0 aliphatic carbocycles. The van der Waals surface area contributed by atoms with Crippen LogP contribution in [0.15, 0.2) is 153 Å². The second-order valence-corrected chi connectivity index (χ2v) is 22.6. The van der Waals surface area contributed by atoms with Crippen LogP contribution in [0, 0.1) is 12.5 Å². The molecule has 0 fully saturated rings. The van der Waals surface area contributed by atoms with Gasteiger partial charge in [0.05, 0.1) is 55.8 Å². The molecule has 0 saturated carbocycles. The topological polar surface area (TPSA) is 437 Å². The van der Waals surface area contributed by atoms with E-state index in [1.807, 2.05) is 25.1 Å². The number of nitrogens with one attached hydrogen (secondary N) is 2. The van der Waals surface area contributed by atoms with Crippen LogP contribution < -0.4 is 21.1 Å². The molecule has 0 amide bonds. The highest BCUT2D eigenvalue weighted by molar-refractivity contribution is 7.94. The summed E-state index contributed by atoms with van der Waals surface area (Å²) in [5.41, 5.74) is 20.3. The molecule has 0 unspecified atom stereocenters. The van der Waals surface area contributed by atoms with Crippen LogP contribution in [0.1, 0.15) is 19.4 Å². The van der Waals surface area contributed by atoms with Gasteiger partial charge < -0.3 is 21.5 Å². The Bertz CT molecular complexity index is 3500. The molecule has 6 rings (SSSR count). The number of nitrogen functional groups attached to an aromatic ring is 2. The van der Waals surface area contributed by atoms with Crippen molar-refractivity contribution in [2.24, 2.45) is 25.6 Å². The van der Waals surface area contributed by atoms with E-state index in [1.165, 1.54) is 12.7 Å². The summed E-state index contributed by atoms with van der Waals surface area (Å²) in [6.07, 6.45) is 0. The molecule has 0 bridgehead atoms. The number of rotatable bonds is 22. The van der Waals surface area contributed by atoms with E-state index in [-0.39, 0.29) is 44.9 Å². The van der Waals surface area contributed by atoms with E-state index in [0.29, 0.717) is 17.4 Å². The number of hydrogen-bond acceptors (Lipinski definition) is 27. The summed E-state index contributed by atoms with van der Waals surface area (Å²) >= 11 is 0.310. The van der Waals surface area contributed by atoms with Crippen molar-refractivity contribution >= 4 is 121 Å². The smallest absolute Gasteiger partial charge is 0.296 e. The van der Waals surface area contributed by atoms with Gasteiger partial charge in [-0.15, -0.1) is 18.9 Å². The van der Waals surface area contributed by atoms with Gasteiger partial charge in [-0.05, 0) is 111 Å². The van der Waals surface area contributed by atoms with Crippen LogP contribution in [0.25, 0.3) is 10.8 Å². The first-order valence-corrected chi connectivity index (χ1v) is 28.5. The maximum absolute atomic E-state index is 12.6. The number of aromatic hydroxyl groups is 1. The van der Waals surface area contributed by atoms with Crippen LogP contribution >= 0.6 is 24.4 Å². The van der Waals surface area contributed by atoms with Crippen molar-refractivity contribution in [1.82, 2.24) is 0 Å². The highest BCUT2D eigenvalue weighted by Gasteiger charge is 2.27. The molecule has 6 aromatic carbocycles. The number of hydrogen-bond donors (Lipinski definition) is 9. The van der Waals surface area contributed by atoms with Gasteiger partial charge in [-0.25, -0.2) is 32.9 Å². The molecule has 0 aliphatic rings. The summed E-state index contributed by atoms with van der Waals surface area (Å²) < 4.78 is 133. The van der Waals surface area contributed by atoms with E-state index in [0.717, 1.165) is 48.6 Å². The Morgan fingerprint density at radius 2 is 1.37 bits per heavy atom. The van der Waals surface area contributed by atoms with Crippen molar-refractivity contribution in [2.45, 2.75) is 45.2 Å². The third-order valence-corrected chi connectivity index (χ3v) is 15.7. The minimum absolute atomic E-state index is 0.108. The van der Waals surface area contributed by atoms with Crippen molar-refractivity contribution in [1.29, 1.82) is 5.53 Å². The van der Waals surface area contributed by atoms with E-state index in [1.54, 1.807) is 48.5 Å². The average molecular weight is 1170 g/mol. The summed E-state index contributed by atoms with van der Waals surface area (Å²) in [6, 6.07) is 25.2. The Hall–Kier alpha value is -6.48. The maximum atomic E-state index is 12.6. The molecule has 0 aromatic heterocycles. The van der Waals surface area contributed by atoms with Gasteiger partial charge in [0.15, 0.2) is 27.9 Å². The molecule has 410 valence electrons. The number of fused-ring (bicyclic) bond motifs is 1. The van der Waals surface area contributed by atoms with E-state index in [2.05, 4.69) is 78.0 Å². The minimum Gasteiger partial charge on any atom is -0.505 e. The lowest BCUT2D eigenvalue weighted by Gasteiger charge is -2.20. The van der Waals surface area contributed by atoms with Crippen LogP contribution in [-0.2, 0) is 63.0 Å². The fourth-order valence-corrected chi connectivity index (χ4v) is 10.8. The van der Waals surface area contributed by atoms with Gasteiger partial charge in [0.2, 0.25) is 0 Å². The molecule has 0 radical (unpaired) electrons. The quantitative estimate of drug-likeness (QED) is 0.00580. The fraction of sp³-hybridized carbons (Fsp3) is 0.190. The Balaban J connectivity index is 0.000000325. The summed E-state index contributed by atoms with van der Waals surface area (Å²) in [4.78, 5) is -0.159. The number of anilines is 4. The van der Waals surface area contributed by atoms with Crippen molar-refractivity contribution in [3.05, 3.63) is 109 Å². The number of azo groups is 2. The maximum Gasteiger partial charge on any atom is 0.296 e. The van der Waals surface area contributed by atoms with Crippen LogP contribution in [0.2, 0.25) is 0 Å². The molecule has 0 atom stereocenters. The van der Waals surface area contributed by atoms with Crippen LogP contribution in [0.5, 0.6) is 5.75 Å². The van der Waals surface area contributed by atoms with Crippen molar-refractivity contribution in [3.63, 3.8) is 0 Å². The predicted molar refractivity (Wildman–Crippen MR) is 279 cm³/mol. The van der Waals surface area contributed by atoms with Crippen LogP contribution in [-0.4, -0.2) is 90.9 Å². The van der Waals surface area contributed by atoms with E-state index in [9.17, 15) is 47.9 Å². The van der Waals surface area contributed by atoms with Gasteiger partial charge in [-0.2, -0.15) is 32.2 Å². The lowest BCUT2D eigenvalue weighted by molar-refractivity contribution is -0.434. The molecule has 0 aliphatic heterocycles. The third-order valence-electron chi connectivity index (χ3n) is 9.89. The summed E-state index contributed by atoms with van der Waals surface area (Å²) in [5.74, 6) is -1.53. The van der Waals surface area contributed by atoms with Gasteiger partial charge in [0.25, 0.3) is 30.3 Å². The number of aryl methyl sites for hydroxylation is 1. The molecule has 11 N–H and O–H groups in total. The zero-order valence-electron chi connectivity index (χ0n) is 40.0. The summed E-state index contributed by atoms with van der Waals surface area (Å²) in [6.45, 7) is 7.74. The first-order valence-electron chi connectivity index (χ1n) is 21.1.